The van der Waals surface area contributed by atoms with Gasteiger partial charge in [0, 0.05) is 15.4 Å². The number of hydrogen-bond acceptors (Lipinski definition) is 1. The lowest BCUT2D eigenvalue weighted by atomic mass is 9.72. The van der Waals surface area contributed by atoms with E-state index in [9.17, 15) is 0 Å². The van der Waals surface area contributed by atoms with E-state index in [0.29, 0.717) is 10.2 Å². The van der Waals surface area contributed by atoms with Crippen molar-refractivity contribution in [3.05, 3.63) is 28.8 Å². The number of alkyl halides is 1. The summed E-state index contributed by atoms with van der Waals surface area (Å²) in [6, 6.07) is 5.87. The van der Waals surface area contributed by atoms with Gasteiger partial charge in [-0.15, -0.1) is 0 Å². The number of ether oxygens (including phenoxy) is 1. The number of benzene rings is 1. The van der Waals surface area contributed by atoms with E-state index in [1.807, 2.05) is 18.2 Å². The van der Waals surface area contributed by atoms with Gasteiger partial charge in [-0.2, -0.15) is 0 Å². The highest BCUT2D eigenvalue weighted by molar-refractivity contribution is 9.09. The van der Waals surface area contributed by atoms with Crippen molar-refractivity contribution in [2.24, 2.45) is 5.41 Å². The van der Waals surface area contributed by atoms with Crippen LogP contribution in [0.5, 0.6) is 5.75 Å². The number of rotatable bonds is 3. The maximum Gasteiger partial charge on any atom is 0.123 e. The highest BCUT2D eigenvalue weighted by Gasteiger charge is 2.36. The molecule has 3 heteroatoms. The van der Waals surface area contributed by atoms with Gasteiger partial charge in [0.15, 0.2) is 0 Å². The van der Waals surface area contributed by atoms with Crippen LogP contribution in [0.25, 0.3) is 0 Å². The lowest BCUT2D eigenvalue weighted by molar-refractivity contribution is 0.210. The Morgan fingerprint density at radius 1 is 1.28 bits per heavy atom. The maximum atomic E-state index is 6.13. The Kier molecular flexibility index (Phi) is 4.60. The van der Waals surface area contributed by atoms with Gasteiger partial charge in [-0.1, -0.05) is 53.7 Å². The van der Waals surface area contributed by atoms with E-state index in [2.05, 4.69) is 22.9 Å². The van der Waals surface area contributed by atoms with Crippen LogP contribution in [0, 0.1) is 5.41 Å². The van der Waals surface area contributed by atoms with E-state index in [0.717, 1.165) is 10.8 Å². The first kappa shape index (κ1) is 14.2. The fraction of sp³-hybridized carbons (Fsp3) is 0.600. The first-order chi connectivity index (χ1) is 8.57. The molecule has 0 amide bonds. The van der Waals surface area contributed by atoms with Crippen molar-refractivity contribution in [1.29, 1.82) is 0 Å². The molecule has 0 saturated heterocycles. The first-order valence-corrected chi connectivity index (χ1v) is 7.84. The number of methoxy groups -OCH3 is 1. The van der Waals surface area contributed by atoms with Crippen LogP contribution in [-0.2, 0) is 0 Å². The molecule has 1 aliphatic rings. The van der Waals surface area contributed by atoms with Crippen molar-refractivity contribution in [1.82, 2.24) is 0 Å². The minimum Gasteiger partial charge on any atom is -0.496 e. The van der Waals surface area contributed by atoms with Crippen molar-refractivity contribution < 1.29 is 4.74 Å². The standard InChI is InChI=1S/C15H20BrClO/c1-15(8-4-3-5-9-15)14(16)12-10-11(17)6-7-13(12)18-2/h6-7,10,14H,3-5,8-9H2,1-2H3. The Morgan fingerprint density at radius 3 is 2.56 bits per heavy atom. The van der Waals surface area contributed by atoms with Crippen LogP contribution in [-0.4, -0.2) is 7.11 Å². The van der Waals surface area contributed by atoms with E-state index in [1.165, 1.54) is 37.7 Å². The smallest absolute Gasteiger partial charge is 0.123 e. The molecule has 18 heavy (non-hydrogen) atoms. The minimum atomic E-state index is 0.302. The Hall–Kier alpha value is -0.210. The highest BCUT2D eigenvalue weighted by atomic mass is 79.9. The first-order valence-electron chi connectivity index (χ1n) is 6.54. The molecule has 0 bridgehead atoms. The number of hydrogen-bond donors (Lipinski definition) is 0. The van der Waals surface area contributed by atoms with Gasteiger partial charge < -0.3 is 4.74 Å². The minimum absolute atomic E-state index is 0.302. The zero-order chi connectivity index (χ0) is 13.2. The second kappa shape index (κ2) is 5.83. The summed E-state index contributed by atoms with van der Waals surface area (Å²) in [5, 5.41) is 0.773. The molecule has 1 nitrogen and oxygen atoms in total. The summed E-state index contributed by atoms with van der Waals surface area (Å²) < 4.78 is 5.47. The van der Waals surface area contributed by atoms with E-state index >= 15 is 0 Å². The maximum absolute atomic E-state index is 6.13. The Morgan fingerprint density at radius 2 is 1.94 bits per heavy atom. The normalized spacial score (nSPS) is 20.4. The molecule has 0 radical (unpaired) electrons. The van der Waals surface area contributed by atoms with Crippen LogP contribution in [0.2, 0.25) is 5.02 Å². The fourth-order valence-electron chi connectivity index (χ4n) is 2.89. The zero-order valence-electron chi connectivity index (χ0n) is 11.0. The lowest BCUT2D eigenvalue weighted by Crippen LogP contribution is -2.25. The molecule has 1 atom stereocenters. The number of halogens is 2. The van der Waals surface area contributed by atoms with Crippen molar-refractivity contribution in [3.63, 3.8) is 0 Å². The van der Waals surface area contributed by atoms with Gasteiger partial charge in [0.2, 0.25) is 0 Å². The van der Waals surface area contributed by atoms with Crippen LogP contribution in [0.4, 0.5) is 0 Å². The monoisotopic (exact) mass is 330 g/mol. The Balaban J connectivity index is 2.32. The molecular weight excluding hydrogens is 312 g/mol. The van der Waals surface area contributed by atoms with E-state index in [-0.39, 0.29) is 0 Å². The van der Waals surface area contributed by atoms with Crippen molar-refractivity contribution in [2.45, 2.75) is 43.9 Å². The summed E-state index contributed by atoms with van der Waals surface area (Å²) in [5.41, 5.74) is 1.48. The predicted octanol–water partition coefficient (Wildman–Crippen LogP) is 5.76. The summed E-state index contributed by atoms with van der Waals surface area (Å²) >= 11 is 10.0. The lowest BCUT2D eigenvalue weighted by Gasteiger charge is -2.38. The molecule has 0 aromatic heterocycles. The summed E-state index contributed by atoms with van der Waals surface area (Å²) in [6.07, 6.45) is 6.53. The molecule has 1 unspecified atom stereocenters. The van der Waals surface area contributed by atoms with E-state index in [4.69, 9.17) is 16.3 Å². The summed E-state index contributed by atoms with van der Waals surface area (Å²) in [4.78, 5) is 0.305. The molecule has 1 fully saturated rings. The molecule has 0 aliphatic heterocycles. The van der Waals surface area contributed by atoms with Crippen molar-refractivity contribution in [2.75, 3.05) is 7.11 Å². The van der Waals surface area contributed by atoms with Crippen LogP contribution >= 0.6 is 27.5 Å². The second-order valence-electron chi connectivity index (χ2n) is 5.46. The fourth-order valence-corrected chi connectivity index (χ4v) is 3.89. The summed E-state index contributed by atoms with van der Waals surface area (Å²) in [6.45, 7) is 2.37. The Bertz CT molecular complexity index is 413. The van der Waals surface area contributed by atoms with E-state index < -0.39 is 0 Å². The molecule has 1 aromatic carbocycles. The van der Waals surface area contributed by atoms with E-state index in [1.54, 1.807) is 7.11 Å². The van der Waals surface area contributed by atoms with Gasteiger partial charge >= 0.3 is 0 Å². The van der Waals surface area contributed by atoms with Gasteiger partial charge in [0.25, 0.3) is 0 Å². The van der Waals surface area contributed by atoms with Crippen LogP contribution < -0.4 is 4.74 Å². The molecular formula is C15H20BrClO. The molecule has 0 spiro atoms. The highest BCUT2D eigenvalue weighted by Crippen LogP contribution is 2.52. The van der Waals surface area contributed by atoms with Gasteiger partial charge in [-0.05, 0) is 36.5 Å². The third-order valence-electron chi connectivity index (χ3n) is 4.07. The van der Waals surface area contributed by atoms with Crippen LogP contribution in [0.3, 0.4) is 0 Å². The largest absolute Gasteiger partial charge is 0.496 e. The Labute approximate surface area is 123 Å². The zero-order valence-corrected chi connectivity index (χ0v) is 13.4. The molecule has 2 rings (SSSR count). The van der Waals surface area contributed by atoms with Gasteiger partial charge in [0.1, 0.15) is 5.75 Å². The summed E-state index contributed by atoms with van der Waals surface area (Å²) in [5.74, 6) is 0.924. The van der Waals surface area contributed by atoms with Crippen molar-refractivity contribution >= 4 is 27.5 Å². The average molecular weight is 332 g/mol. The topological polar surface area (TPSA) is 9.23 Å². The third-order valence-corrected chi connectivity index (χ3v) is 5.91. The average Bonchev–Trinajstić information content (AvgIpc) is 2.38. The van der Waals surface area contributed by atoms with Crippen LogP contribution in [0.1, 0.15) is 49.4 Å². The molecule has 0 heterocycles. The molecule has 1 aliphatic carbocycles. The van der Waals surface area contributed by atoms with Gasteiger partial charge in [0.05, 0.1) is 7.11 Å². The van der Waals surface area contributed by atoms with Crippen molar-refractivity contribution in [3.8, 4) is 5.75 Å². The predicted molar refractivity (Wildman–Crippen MR) is 80.9 cm³/mol. The third kappa shape index (κ3) is 2.85. The van der Waals surface area contributed by atoms with Gasteiger partial charge in [-0.25, -0.2) is 0 Å². The van der Waals surface area contributed by atoms with Crippen LogP contribution in [0.15, 0.2) is 18.2 Å². The van der Waals surface area contributed by atoms with Gasteiger partial charge in [-0.3, -0.25) is 0 Å². The molecule has 0 N–H and O–H groups in total. The second-order valence-corrected chi connectivity index (χ2v) is 6.82. The quantitative estimate of drug-likeness (QED) is 0.640. The SMILES string of the molecule is COc1ccc(Cl)cc1C(Br)C1(C)CCCCC1. The molecule has 1 aromatic rings. The summed E-state index contributed by atoms with van der Waals surface area (Å²) in [7, 11) is 1.72. The molecule has 100 valence electrons. The molecule has 1 saturated carbocycles.